The summed E-state index contributed by atoms with van der Waals surface area (Å²) in [6, 6.07) is 9.24. The van der Waals surface area contributed by atoms with E-state index in [0.717, 1.165) is 24.8 Å². The van der Waals surface area contributed by atoms with Crippen LogP contribution in [0.2, 0.25) is 0 Å². The Balaban J connectivity index is 1.83. The summed E-state index contributed by atoms with van der Waals surface area (Å²) in [6.45, 7) is 8.92. The van der Waals surface area contributed by atoms with E-state index >= 15 is 0 Å². The highest BCUT2D eigenvalue weighted by Gasteiger charge is 2.21. The molecule has 0 amide bonds. The second-order valence-corrected chi connectivity index (χ2v) is 6.61. The zero-order valence-electron chi connectivity index (χ0n) is 13.9. The molecule has 1 aromatic rings. The van der Waals surface area contributed by atoms with Crippen molar-refractivity contribution >= 4 is 0 Å². The molecule has 0 fully saturated rings. The first-order valence-electron chi connectivity index (χ1n) is 8.67. The SMILES string of the molecule is CCCNC(CCCC1CCOc2ccccc21)C(C)C. The molecule has 0 saturated heterocycles. The van der Waals surface area contributed by atoms with Gasteiger partial charge in [0.15, 0.2) is 0 Å². The minimum absolute atomic E-state index is 0.667. The predicted octanol–water partition coefficient (Wildman–Crippen LogP) is 4.75. The summed E-state index contributed by atoms with van der Waals surface area (Å²) in [7, 11) is 0. The second kappa shape index (κ2) is 8.43. The number of benzene rings is 1. The molecule has 118 valence electrons. The molecule has 2 atom stereocenters. The number of rotatable bonds is 8. The summed E-state index contributed by atoms with van der Waals surface area (Å²) in [5, 5.41) is 3.70. The molecular formula is C19H31NO. The maximum atomic E-state index is 5.76. The quantitative estimate of drug-likeness (QED) is 0.746. The molecule has 0 saturated carbocycles. The van der Waals surface area contributed by atoms with Crippen molar-refractivity contribution in [2.45, 2.75) is 64.8 Å². The number of hydrogen-bond acceptors (Lipinski definition) is 2. The fourth-order valence-electron chi connectivity index (χ4n) is 3.30. The van der Waals surface area contributed by atoms with Crippen molar-refractivity contribution in [2.75, 3.05) is 13.2 Å². The summed E-state index contributed by atoms with van der Waals surface area (Å²) in [6.07, 6.45) is 6.27. The van der Waals surface area contributed by atoms with Gasteiger partial charge in [-0.1, -0.05) is 45.4 Å². The molecule has 1 heterocycles. The first-order chi connectivity index (χ1) is 10.2. The van der Waals surface area contributed by atoms with Gasteiger partial charge in [-0.3, -0.25) is 0 Å². The fraction of sp³-hybridized carbons (Fsp3) is 0.684. The normalized spacial score (nSPS) is 19.1. The van der Waals surface area contributed by atoms with E-state index in [1.165, 1.54) is 37.7 Å². The van der Waals surface area contributed by atoms with Crippen molar-refractivity contribution in [1.29, 1.82) is 0 Å². The van der Waals surface area contributed by atoms with E-state index in [9.17, 15) is 0 Å². The van der Waals surface area contributed by atoms with Crippen LogP contribution in [0.3, 0.4) is 0 Å². The largest absolute Gasteiger partial charge is 0.493 e. The van der Waals surface area contributed by atoms with Crippen molar-refractivity contribution in [1.82, 2.24) is 5.32 Å². The van der Waals surface area contributed by atoms with E-state index in [4.69, 9.17) is 4.74 Å². The number of fused-ring (bicyclic) bond motifs is 1. The molecule has 1 aliphatic heterocycles. The van der Waals surface area contributed by atoms with Gasteiger partial charge in [-0.25, -0.2) is 0 Å². The zero-order valence-corrected chi connectivity index (χ0v) is 13.9. The summed E-state index contributed by atoms with van der Waals surface area (Å²) >= 11 is 0. The molecule has 1 N–H and O–H groups in total. The van der Waals surface area contributed by atoms with Crippen molar-refractivity contribution in [3.05, 3.63) is 29.8 Å². The van der Waals surface area contributed by atoms with Crippen LogP contribution in [0.25, 0.3) is 0 Å². The van der Waals surface area contributed by atoms with Gasteiger partial charge in [-0.15, -0.1) is 0 Å². The number of hydrogen-bond donors (Lipinski definition) is 1. The van der Waals surface area contributed by atoms with Crippen LogP contribution in [0.4, 0.5) is 0 Å². The average Bonchev–Trinajstić information content (AvgIpc) is 2.50. The van der Waals surface area contributed by atoms with Crippen LogP contribution in [0.15, 0.2) is 24.3 Å². The Kier molecular flexibility index (Phi) is 6.56. The van der Waals surface area contributed by atoms with Crippen LogP contribution < -0.4 is 10.1 Å². The average molecular weight is 289 g/mol. The zero-order chi connectivity index (χ0) is 15.1. The molecule has 0 aliphatic carbocycles. The van der Waals surface area contributed by atoms with Gasteiger partial charge in [0, 0.05) is 6.04 Å². The predicted molar refractivity (Wildman–Crippen MR) is 90.1 cm³/mol. The second-order valence-electron chi connectivity index (χ2n) is 6.61. The molecule has 2 unspecified atom stereocenters. The van der Waals surface area contributed by atoms with Crippen molar-refractivity contribution in [3.63, 3.8) is 0 Å². The minimum atomic E-state index is 0.667. The maximum absolute atomic E-state index is 5.76. The van der Waals surface area contributed by atoms with E-state index in [1.54, 1.807) is 0 Å². The Morgan fingerprint density at radius 1 is 1.29 bits per heavy atom. The van der Waals surface area contributed by atoms with Gasteiger partial charge >= 0.3 is 0 Å². The lowest BCUT2D eigenvalue weighted by Gasteiger charge is -2.27. The van der Waals surface area contributed by atoms with E-state index in [2.05, 4.69) is 50.4 Å². The Hall–Kier alpha value is -1.02. The van der Waals surface area contributed by atoms with Gasteiger partial charge in [0.05, 0.1) is 6.61 Å². The standard InChI is InChI=1S/C19H31NO/c1-4-13-20-18(15(2)3)10-7-8-16-12-14-21-19-11-6-5-9-17(16)19/h5-6,9,11,15-16,18,20H,4,7-8,10,12-14H2,1-3H3. The first-order valence-corrected chi connectivity index (χ1v) is 8.67. The summed E-state index contributed by atoms with van der Waals surface area (Å²) in [5.41, 5.74) is 1.42. The van der Waals surface area contributed by atoms with Gasteiger partial charge in [0.2, 0.25) is 0 Å². The maximum Gasteiger partial charge on any atom is 0.122 e. The highest BCUT2D eigenvalue weighted by molar-refractivity contribution is 5.37. The number of nitrogens with one attached hydrogen (secondary N) is 1. The first kappa shape index (κ1) is 16.4. The van der Waals surface area contributed by atoms with Crippen LogP contribution >= 0.6 is 0 Å². The third kappa shape index (κ3) is 4.74. The lowest BCUT2D eigenvalue weighted by atomic mass is 9.87. The lowest BCUT2D eigenvalue weighted by molar-refractivity contribution is 0.258. The van der Waals surface area contributed by atoms with Crippen molar-refractivity contribution in [2.24, 2.45) is 5.92 Å². The highest BCUT2D eigenvalue weighted by atomic mass is 16.5. The Bertz CT molecular complexity index is 416. The van der Waals surface area contributed by atoms with Gasteiger partial charge in [0.1, 0.15) is 5.75 Å². The van der Waals surface area contributed by atoms with E-state index in [0.29, 0.717) is 12.0 Å². The fourth-order valence-corrected chi connectivity index (χ4v) is 3.30. The van der Waals surface area contributed by atoms with Crippen molar-refractivity contribution in [3.8, 4) is 5.75 Å². The molecule has 2 nitrogen and oxygen atoms in total. The summed E-state index contributed by atoms with van der Waals surface area (Å²) in [4.78, 5) is 0. The third-order valence-electron chi connectivity index (χ3n) is 4.61. The van der Waals surface area contributed by atoms with Crippen molar-refractivity contribution < 1.29 is 4.74 Å². The molecule has 0 aromatic heterocycles. The monoisotopic (exact) mass is 289 g/mol. The van der Waals surface area contributed by atoms with Crippen LogP contribution in [0.5, 0.6) is 5.75 Å². The Labute approximate surface area is 130 Å². The van der Waals surface area contributed by atoms with Crippen LogP contribution in [0.1, 0.15) is 64.4 Å². The molecule has 1 aliphatic rings. The van der Waals surface area contributed by atoms with Gasteiger partial charge in [-0.05, 0) is 55.7 Å². The Morgan fingerprint density at radius 3 is 2.86 bits per heavy atom. The molecule has 0 radical (unpaired) electrons. The summed E-state index contributed by atoms with van der Waals surface area (Å²) < 4.78 is 5.76. The molecule has 2 rings (SSSR count). The van der Waals surface area contributed by atoms with E-state index in [-0.39, 0.29) is 0 Å². The molecule has 0 bridgehead atoms. The number of ether oxygens (including phenoxy) is 1. The molecule has 21 heavy (non-hydrogen) atoms. The minimum Gasteiger partial charge on any atom is -0.493 e. The summed E-state index contributed by atoms with van der Waals surface area (Å²) in [5.74, 6) is 2.52. The lowest BCUT2D eigenvalue weighted by Crippen LogP contribution is -2.34. The highest BCUT2D eigenvalue weighted by Crippen LogP contribution is 2.36. The van der Waals surface area contributed by atoms with Gasteiger partial charge < -0.3 is 10.1 Å². The topological polar surface area (TPSA) is 21.3 Å². The van der Waals surface area contributed by atoms with Crippen LogP contribution in [-0.4, -0.2) is 19.2 Å². The van der Waals surface area contributed by atoms with E-state index < -0.39 is 0 Å². The Morgan fingerprint density at radius 2 is 2.10 bits per heavy atom. The molecule has 0 spiro atoms. The molecule has 1 aromatic carbocycles. The van der Waals surface area contributed by atoms with E-state index in [1.807, 2.05) is 0 Å². The van der Waals surface area contributed by atoms with Gasteiger partial charge in [-0.2, -0.15) is 0 Å². The van der Waals surface area contributed by atoms with Crippen LogP contribution in [-0.2, 0) is 0 Å². The van der Waals surface area contributed by atoms with Crippen LogP contribution in [0, 0.1) is 5.92 Å². The third-order valence-corrected chi connectivity index (χ3v) is 4.61. The molecule has 2 heteroatoms. The number of para-hydroxylation sites is 1. The van der Waals surface area contributed by atoms with Gasteiger partial charge in [0.25, 0.3) is 0 Å². The smallest absolute Gasteiger partial charge is 0.122 e. The molecular weight excluding hydrogens is 258 g/mol.